The lowest BCUT2D eigenvalue weighted by Crippen LogP contribution is -2.62. The average molecular weight is 522 g/mol. The molecule has 0 aromatic heterocycles. The highest BCUT2D eigenvalue weighted by Gasteiger charge is 2.55. The second-order valence-electron chi connectivity index (χ2n) is 11.0. The van der Waals surface area contributed by atoms with Gasteiger partial charge in [-0.2, -0.15) is 0 Å². The lowest BCUT2D eigenvalue weighted by atomic mass is 9.52. The number of benzene rings is 2. The Balaban J connectivity index is 1.27. The Hall–Kier alpha value is -3.22. The maximum absolute atomic E-state index is 13.2. The monoisotopic (exact) mass is 521 g/mol. The largest absolute Gasteiger partial charge is 0.511 e. The zero-order valence-corrected chi connectivity index (χ0v) is 22.5. The Labute approximate surface area is 225 Å². The van der Waals surface area contributed by atoms with Gasteiger partial charge < -0.3 is 23.8 Å². The van der Waals surface area contributed by atoms with E-state index in [0.29, 0.717) is 24.8 Å². The molecule has 1 saturated heterocycles. The molecule has 7 heteroatoms. The van der Waals surface area contributed by atoms with E-state index >= 15 is 0 Å². The molecular formula is C31H39NO6. The summed E-state index contributed by atoms with van der Waals surface area (Å²) in [5.41, 5.74) is 3.66. The van der Waals surface area contributed by atoms with Gasteiger partial charge in [-0.05, 0) is 73.8 Å². The van der Waals surface area contributed by atoms with Crippen LogP contribution in [0.15, 0.2) is 48.5 Å². The van der Waals surface area contributed by atoms with Gasteiger partial charge >= 0.3 is 12.2 Å². The van der Waals surface area contributed by atoms with Crippen molar-refractivity contribution in [2.45, 2.75) is 89.4 Å². The van der Waals surface area contributed by atoms with Crippen molar-refractivity contribution in [2.75, 3.05) is 13.3 Å². The molecule has 4 atom stereocenters. The van der Waals surface area contributed by atoms with Gasteiger partial charge in [-0.25, -0.2) is 9.59 Å². The van der Waals surface area contributed by atoms with Crippen molar-refractivity contribution in [2.24, 2.45) is 5.92 Å². The first-order valence-corrected chi connectivity index (χ1v) is 14.1. The summed E-state index contributed by atoms with van der Waals surface area (Å²) >= 11 is 0. The van der Waals surface area contributed by atoms with Gasteiger partial charge in [-0.15, -0.1) is 0 Å². The summed E-state index contributed by atoms with van der Waals surface area (Å²) in [6.45, 7) is 4.71. The number of amides is 1. The number of piperidine rings is 1. The van der Waals surface area contributed by atoms with Gasteiger partial charge in [0.2, 0.25) is 6.79 Å². The summed E-state index contributed by atoms with van der Waals surface area (Å²) in [5.74, 6) is 1.10. The molecule has 1 aliphatic heterocycles. The van der Waals surface area contributed by atoms with Crippen LogP contribution in [0.1, 0.15) is 75.5 Å². The number of ether oxygens (including phenoxy) is 4. The van der Waals surface area contributed by atoms with Crippen LogP contribution in [0.2, 0.25) is 0 Å². The van der Waals surface area contributed by atoms with Crippen molar-refractivity contribution in [1.29, 1.82) is 0 Å². The number of nitrogens with zero attached hydrogens (tertiary/aromatic N) is 1. The summed E-state index contributed by atoms with van der Waals surface area (Å²) in [6.07, 6.45) is 7.01. The molecule has 1 amide bonds. The molecule has 5 rings (SSSR count). The normalized spacial score (nSPS) is 24.4. The summed E-state index contributed by atoms with van der Waals surface area (Å²) in [7, 11) is 0. The van der Waals surface area contributed by atoms with E-state index in [1.54, 1.807) is 0 Å². The van der Waals surface area contributed by atoms with Crippen LogP contribution in [0.3, 0.4) is 0 Å². The van der Waals surface area contributed by atoms with Gasteiger partial charge in [0.1, 0.15) is 18.5 Å². The smallest absolute Gasteiger partial charge is 0.457 e. The number of rotatable bonds is 8. The van der Waals surface area contributed by atoms with Crippen molar-refractivity contribution < 1.29 is 28.5 Å². The summed E-state index contributed by atoms with van der Waals surface area (Å²) in [4.78, 5) is 27.1. The molecule has 204 valence electrons. The topological polar surface area (TPSA) is 74.3 Å². The second-order valence-corrected chi connectivity index (χ2v) is 11.0. The van der Waals surface area contributed by atoms with E-state index in [2.05, 4.69) is 12.1 Å². The molecule has 1 saturated carbocycles. The highest BCUT2D eigenvalue weighted by atomic mass is 16.8. The van der Waals surface area contributed by atoms with Crippen LogP contribution in [0.25, 0.3) is 0 Å². The molecular weight excluding hydrogens is 482 g/mol. The van der Waals surface area contributed by atoms with Gasteiger partial charge in [0, 0.05) is 18.0 Å². The van der Waals surface area contributed by atoms with Crippen LogP contribution in [0.4, 0.5) is 9.59 Å². The first-order valence-electron chi connectivity index (χ1n) is 14.1. The highest BCUT2D eigenvalue weighted by Crippen LogP contribution is 2.56. The molecule has 2 aromatic carbocycles. The molecule has 38 heavy (non-hydrogen) atoms. The van der Waals surface area contributed by atoms with Gasteiger partial charge in [0.05, 0.1) is 0 Å². The number of hydrogen-bond acceptors (Lipinski definition) is 6. The number of likely N-dealkylation sites (tertiary alicyclic amines) is 1. The minimum absolute atomic E-state index is 0.0431. The molecule has 0 N–H and O–H groups in total. The fourth-order valence-electron chi connectivity index (χ4n) is 6.91. The summed E-state index contributed by atoms with van der Waals surface area (Å²) in [6, 6.07) is 16.2. The molecule has 2 bridgehead atoms. The molecule has 2 fully saturated rings. The quantitative estimate of drug-likeness (QED) is 0.282. The molecule has 1 heterocycles. The van der Waals surface area contributed by atoms with Gasteiger partial charge in [0.15, 0.2) is 0 Å². The van der Waals surface area contributed by atoms with Crippen molar-refractivity contribution in [1.82, 2.24) is 4.90 Å². The zero-order valence-electron chi connectivity index (χ0n) is 22.5. The Morgan fingerprint density at radius 3 is 2.74 bits per heavy atom. The first kappa shape index (κ1) is 26.4. The van der Waals surface area contributed by atoms with E-state index in [4.69, 9.17) is 18.9 Å². The van der Waals surface area contributed by atoms with Crippen LogP contribution >= 0.6 is 0 Å². The van der Waals surface area contributed by atoms with E-state index in [1.807, 2.05) is 55.1 Å². The third kappa shape index (κ3) is 5.47. The standard InChI is InChI=1S/C31H39NO6/c1-3-9-22(2)38-30(34)37-21-36-25-14-13-24-18-28-26-12-7-8-15-31(26,27(24)19-25)16-17-32(28)29(33)35-20-23-10-5-4-6-11-23/h4-6,10-11,13-14,19,22,26,28H,3,7-9,12,15-18,20-21H2,1-2H3/t22?,26-,28+,31+/m1/s1. The molecule has 7 nitrogen and oxygen atoms in total. The Morgan fingerprint density at radius 1 is 1.08 bits per heavy atom. The van der Waals surface area contributed by atoms with Gasteiger partial charge in [-0.3, -0.25) is 0 Å². The van der Waals surface area contributed by atoms with Crippen molar-refractivity contribution >= 4 is 12.2 Å². The molecule has 2 aromatic rings. The molecule has 1 unspecified atom stereocenters. The van der Waals surface area contributed by atoms with E-state index in [0.717, 1.165) is 44.1 Å². The van der Waals surface area contributed by atoms with Gasteiger partial charge in [-0.1, -0.05) is 62.6 Å². The highest BCUT2D eigenvalue weighted by molar-refractivity contribution is 5.69. The molecule has 2 aliphatic carbocycles. The number of fused-ring (bicyclic) bond motifs is 1. The fourth-order valence-corrected chi connectivity index (χ4v) is 6.91. The number of carbonyl (C=O) groups is 2. The predicted molar refractivity (Wildman–Crippen MR) is 143 cm³/mol. The van der Waals surface area contributed by atoms with E-state index in [1.165, 1.54) is 24.0 Å². The fraction of sp³-hybridized carbons (Fsp3) is 0.548. The summed E-state index contributed by atoms with van der Waals surface area (Å²) < 4.78 is 22.0. The third-order valence-electron chi connectivity index (χ3n) is 8.64. The second kappa shape index (κ2) is 11.7. The number of carbonyl (C=O) groups excluding carboxylic acids is 2. The van der Waals surface area contributed by atoms with Crippen LogP contribution < -0.4 is 4.74 Å². The zero-order chi connectivity index (χ0) is 26.5. The van der Waals surface area contributed by atoms with Crippen LogP contribution in [0, 0.1) is 5.92 Å². The molecule has 0 radical (unpaired) electrons. The van der Waals surface area contributed by atoms with Gasteiger partial charge in [0.25, 0.3) is 0 Å². The van der Waals surface area contributed by atoms with Crippen molar-refractivity contribution in [3.05, 3.63) is 65.2 Å². The Morgan fingerprint density at radius 2 is 1.92 bits per heavy atom. The minimum Gasteiger partial charge on any atom is -0.457 e. The lowest BCUT2D eigenvalue weighted by Gasteiger charge is -2.58. The summed E-state index contributed by atoms with van der Waals surface area (Å²) in [5, 5.41) is 0. The third-order valence-corrected chi connectivity index (χ3v) is 8.64. The minimum atomic E-state index is -0.704. The van der Waals surface area contributed by atoms with E-state index < -0.39 is 6.16 Å². The average Bonchev–Trinajstić information content (AvgIpc) is 2.92. The SMILES string of the molecule is CCCC(C)OC(=O)OCOc1ccc2c(c1)[C@]13CCCC[C@@H]1[C@H](C2)N(C(=O)OCc1ccccc1)CC3. The van der Waals surface area contributed by atoms with Crippen molar-refractivity contribution in [3.8, 4) is 5.75 Å². The van der Waals surface area contributed by atoms with Crippen LogP contribution in [-0.4, -0.2) is 42.6 Å². The number of hydrogen-bond donors (Lipinski definition) is 0. The maximum atomic E-state index is 13.2. The lowest BCUT2D eigenvalue weighted by molar-refractivity contribution is -0.0167. The van der Waals surface area contributed by atoms with E-state index in [-0.39, 0.29) is 30.4 Å². The van der Waals surface area contributed by atoms with Crippen molar-refractivity contribution in [3.63, 3.8) is 0 Å². The van der Waals surface area contributed by atoms with Crippen LogP contribution in [0.5, 0.6) is 5.75 Å². The van der Waals surface area contributed by atoms with E-state index in [9.17, 15) is 9.59 Å². The maximum Gasteiger partial charge on any atom is 0.511 e. The Bertz CT molecular complexity index is 1120. The Kier molecular flexibility index (Phi) is 8.10. The molecule has 3 aliphatic rings. The predicted octanol–water partition coefficient (Wildman–Crippen LogP) is 6.76. The molecule has 0 spiro atoms. The first-order chi connectivity index (χ1) is 18.5. The van der Waals surface area contributed by atoms with Crippen LogP contribution in [-0.2, 0) is 32.7 Å².